The van der Waals surface area contributed by atoms with Crippen molar-refractivity contribution in [2.45, 2.75) is 17.7 Å². The minimum absolute atomic E-state index is 0.0706. The molecule has 0 spiro atoms. The van der Waals surface area contributed by atoms with Crippen LogP contribution >= 0.6 is 15.9 Å². The Morgan fingerprint density at radius 3 is 3.00 bits per heavy atom. The third kappa shape index (κ3) is 1.53. The Morgan fingerprint density at radius 2 is 2.23 bits per heavy atom. The highest BCUT2D eigenvalue weighted by atomic mass is 79.9. The molecule has 1 aliphatic rings. The maximum absolute atomic E-state index is 12.8. The summed E-state index contributed by atoms with van der Waals surface area (Å²) in [6, 6.07) is 4.36. The number of alkyl halides is 1. The Bertz CT molecular complexity index is 362. The zero-order chi connectivity index (χ0) is 9.42. The fourth-order valence-electron chi connectivity index (χ4n) is 1.59. The van der Waals surface area contributed by atoms with Gasteiger partial charge in [0.05, 0.1) is 4.83 Å². The molecule has 13 heavy (non-hydrogen) atoms. The van der Waals surface area contributed by atoms with E-state index in [1.807, 2.05) is 0 Å². The van der Waals surface area contributed by atoms with Gasteiger partial charge in [-0.2, -0.15) is 0 Å². The van der Waals surface area contributed by atoms with E-state index in [1.165, 1.54) is 12.1 Å². The van der Waals surface area contributed by atoms with Crippen LogP contribution in [-0.4, -0.2) is 10.6 Å². The van der Waals surface area contributed by atoms with E-state index >= 15 is 0 Å². The minimum Gasteiger partial charge on any atom is -0.293 e. The molecule has 1 atom stereocenters. The van der Waals surface area contributed by atoms with Crippen molar-refractivity contribution < 1.29 is 9.18 Å². The lowest BCUT2D eigenvalue weighted by Crippen LogP contribution is -2.22. The van der Waals surface area contributed by atoms with Crippen LogP contribution in [0.5, 0.6) is 0 Å². The van der Waals surface area contributed by atoms with Gasteiger partial charge in [-0.1, -0.05) is 15.9 Å². The summed E-state index contributed by atoms with van der Waals surface area (Å²) in [5.41, 5.74) is 1.50. The van der Waals surface area contributed by atoms with Crippen LogP contribution in [0.2, 0.25) is 0 Å². The first-order valence-corrected chi connectivity index (χ1v) is 5.07. The van der Waals surface area contributed by atoms with Crippen LogP contribution in [0.15, 0.2) is 18.2 Å². The van der Waals surface area contributed by atoms with Crippen molar-refractivity contribution in [2.75, 3.05) is 0 Å². The molecule has 0 aliphatic heterocycles. The molecule has 0 radical (unpaired) electrons. The van der Waals surface area contributed by atoms with Crippen LogP contribution in [0.4, 0.5) is 4.39 Å². The number of fused-ring (bicyclic) bond motifs is 1. The summed E-state index contributed by atoms with van der Waals surface area (Å²) in [6.07, 6.45) is 1.53. The molecule has 0 amide bonds. The van der Waals surface area contributed by atoms with Gasteiger partial charge in [0.1, 0.15) is 5.82 Å². The molecule has 0 bridgehead atoms. The second kappa shape index (κ2) is 3.22. The quantitative estimate of drug-likeness (QED) is 0.640. The number of carbonyl (C=O) groups is 1. The molecule has 0 saturated carbocycles. The van der Waals surface area contributed by atoms with Crippen molar-refractivity contribution in [3.05, 3.63) is 35.1 Å². The topological polar surface area (TPSA) is 17.1 Å². The first kappa shape index (κ1) is 8.88. The second-order valence-electron chi connectivity index (χ2n) is 3.17. The van der Waals surface area contributed by atoms with Crippen LogP contribution in [0, 0.1) is 5.82 Å². The van der Waals surface area contributed by atoms with Gasteiger partial charge in [0.2, 0.25) is 0 Å². The SMILES string of the molecule is O=C1c2ccc(F)cc2CCC1Br. The number of halogens is 2. The third-order valence-electron chi connectivity index (χ3n) is 2.28. The van der Waals surface area contributed by atoms with Crippen LogP contribution < -0.4 is 0 Å². The van der Waals surface area contributed by atoms with Gasteiger partial charge in [-0.05, 0) is 36.6 Å². The summed E-state index contributed by atoms with van der Waals surface area (Å²) in [6.45, 7) is 0. The largest absolute Gasteiger partial charge is 0.293 e. The van der Waals surface area contributed by atoms with Crippen molar-refractivity contribution in [3.8, 4) is 0 Å². The van der Waals surface area contributed by atoms with Crippen molar-refractivity contribution in [1.29, 1.82) is 0 Å². The summed E-state index contributed by atoms with van der Waals surface area (Å²) in [4.78, 5) is 11.5. The number of benzene rings is 1. The molecular formula is C10H8BrFO. The maximum atomic E-state index is 12.8. The molecule has 1 aliphatic carbocycles. The van der Waals surface area contributed by atoms with E-state index in [1.54, 1.807) is 6.07 Å². The average molecular weight is 243 g/mol. The van der Waals surface area contributed by atoms with E-state index in [9.17, 15) is 9.18 Å². The minimum atomic E-state index is -0.264. The molecule has 0 aromatic heterocycles. The average Bonchev–Trinajstić information content (AvgIpc) is 2.12. The fraction of sp³-hybridized carbons (Fsp3) is 0.300. The highest BCUT2D eigenvalue weighted by Gasteiger charge is 2.24. The Labute approximate surface area is 84.1 Å². The molecule has 0 N–H and O–H groups in total. The molecule has 0 heterocycles. The lowest BCUT2D eigenvalue weighted by molar-refractivity contribution is 0.0981. The lowest BCUT2D eigenvalue weighted by atomic mass is 9.91. The van der Waals surface area contributed by atoms with E-state index in [4.69, 9.17) is 0 Å². The van der Waals surface area contributed by atoms with Gasteiger partial charge in [0, 0.05) is 5.56 Å². The number of ketones is 1. The zero-order valence-electron chi connectivity index (χ0n) is 6.89. The van der Waals surface area contributed by atoms with Gasteiger partial charge in [-0.15, -0.1) is 0 Å². The van der Waals surface area contributed by atoms with Crippen molar-refractivity contribution >= 4 is 21.7 Å². The molecule has 3 heteroatoms. The Kier molecular flexibility index (Phi) is 2.20. The molecule has 0 saturated heterocycles. The van der Waals surface area contributed by atoms with E-state index in [2.05, 4.69) is 15.9 Å². The Morgan fingerprint density at radius 1 is 1.46 bits per heavy atom. The van der Waals surface area contributed by atoms with E-state index in [-0.39, 0.29) is 16.4 Å². The summed E-state index contributed by atoms with van der Waals surface area (Å²) < 4.78 is 12.8. The van der Waals surface area contributed by atoms with E-state index in [0.717, 1.165) is 18.4 Å². The van der Waals surface area contributed by atoms with Crippen LogP contribution in [0.1, 0.15) is 22.3 Å². The van der Waals surface area contributed by atoms with Gasteiger partial charge in [-0.25, -0.2) is 4.39 Å². The van der Waals surface area contributed by atoms with E-state index in [0.29, 0.717) is 5.56 Å². The smallest absolute Gasteiger partial charge is 0.176 e. The summed E-state index contributed by atoms with van der Waals surface area (Å²) >= 11 is 3.30. The molecule has 2 rings (SSSR count). The first-order chi connectivity index (χ1) is 6.18. The molecule has 0 fully saturated rings. The predicted molar refractivity (Wildman–Crippen MR) is 51.8 cm³/mol. The Hall–Kier alpha value is -0.700. The maximum Gasteiger partial charge on any atom is 0.176 e. The highest BCUT2D eigenvalue weighted by Crippen LogP contribution is 2.26. The molecular weight excluding hydrogens is 235 g/mol. The first-order valence-electron chi connectivity index (χ1n) is 4.15. The highest BCUT2D eigenvalue weighted by molar-refractivity contribution is 9.10. The number of rotatable bonds is 0. The van der Waals surface area contributed by atoms with Crippen LogP contribution in [-0.2, 0) is 6.42 Å². The molecule has 1 nitrogen and oxygen atoms in total. The fourth-order valence-corrected chi connectivity index (χ4v) is 2.07. The summed E-state index contributed by atoms with van der Waals surface area (Å²) in [5.74, 6) is -0.194. The number of aryl methyl sites for hydroxylation is 1. The van der Waals surface area contributed by atoms with Crippen molar-refractivity contribution in [1.82, 2.24) is 0 Å². The van der Waals surface area contributed by atoms with Gasteiger partial charge in [0.25, 0.3) is 0 Å². The molecule has 68 valence electrons. The predicted octanol–water partition coefficient (Wildman–Crippen LogP) is 2.72. The van der Waals surface area contributed by atoms with Crippen molar-refractivity contribution in [3.63, 3.8) is 0 Å². The number of carbonyl (C=O) groups excluding carboxylic acids is 1. The molecule has 1 unspecified atom stereocenters. The van der Waals surface area contributed by atoms with Crippen molar-refractivity contribution in [2.24, 2.45) is 0 Å². The summed E-state index contributed by atoms with van der Waals surface area (Å²) in [7, 11) is 0. The number of Topliss-reactive ketones (excluding diaryl/α,β-unsaturated/α-hetero) is 1. The zero-order valence-corrected chi connectivity index (χ0v) is 8.47. The molecule has 1 aromatic rings. The number of hydrogen-bond donors (Lipinski definition) is 0. The van der Waals surface area contributed by atoms with Gasteiger partial charge in [-0.3, -0.25) is 4.79 Å². The van der Waals surface area contributed by atoms with E-state index < -0.39 is 0 Å². The third-order valence-corrected chi connectivity index (χ3v) is 3.16. The van der Waals surface area contributed by atoms with Crippen LogP contribution in [0.3, 0.4) is 0 Å². The lowest BCUT2D eigenvalue weighted by Gasteiger charge is -2.18. The standard InChI is InChI=1S/C10H8BrFO/c11-9-4-1-6-5-7(12)2-3-8(6)10(9)13/h2-3,5,9H,1,4H2. The van der Waals surface area contributed by atoms with Crippen LogP contribution in [0.25, 0.3) is 0 Å². The normalized spacial score (nSPS) is 21.4. The van der Waals surface area contributed by atoms with Gasteiger partial charge in [0.15, 0.2) is 5.78 Å². The number of hydrogen-bond acceptors (Lipinski definition) is 1. The summed E-state index contributed by atoms with van der Waals surface area (Å²) in [5, 5.41) is 0. The van der Waals surface area contributed by atoms with Gasteiger partial charge < -0.3 is 0 Å². The second-order valence-corrected chi connectivity index (χ2v) is 4.28. The monoisotopic (exact) mass is 242 g/mol. The Balaban J connectivity index is 2.50. The molecule has 1 aromatic carbocycles. The van der Waals surface area contributed by atoms with Gasteiger partial charge >= 0.3 is 0 Å².